The number of ether oxygens (including phenoxy) is 1. The zero-order valence-corrected chi connectivity index (χ0v) is 12.8. The summed E-state index contributed by atoms with van der Waals surface area (Å²) in [6, 6.07) is 4.74. The number of rotatable bonds is 3. The lowest BCUT2D eigenvalue weighted by atomic mass is 10.1. The Kier molecular flexibility index (Phi) is 5.33. The molecule has 1 fully saturated rings. The first-order valence-electron chi connectivity index (χ1n) is 7.04. The van der Waals surface area contributed by atoms with E-state index in [1.165, 1.54) is 12.1 Å². The quantitative estimate of drug-likeness (QED) is 0.668. The van der Waals surface area contributed by atoms with Crippen molar-refractivity contribution in [2.45, 2.75) is 18.9 Å². The molecule has 2 aliphatic rings. The Labute approximate surface area is 134 Å². The van der Waals surface area contributed by atoms with Crippen LogP contribution in [-0.2, 0) is 16.0 Å². The third kappa shape index (κ3) is 3.37. The smallest absolute Gasteiger partial charge is 0.271 e. The van der Waals surface area contributed by atoms with Crippen molar-refractivity contribution in [2.24, 2.45) is 0 Å². The average molecular weight is 328 g/mol. The number of anilines is 1. The summed E-state index contributed by atoms with van der Waals surface area (Å²) in [5.74, 6) is -0.0164. The molecule has 0 bridgehead atoms. The first-order valence-corrected chi connectivity index (χ1v) is 7.04. The van der Waals surface area contributed by atoms with Crippen LogP contribution in [0.5, 0.6) is 0 Å². The van der Waals surface area contributed by atoms with E-state index >= 15 is 0 Å². The minimum atomic E-state index is -0.433. The predicted octanol–water partition coefficient (Wildman–Crippen LogP) is 1.28. The summed E-state index contributed by atoms with van der Waals surface area (Å²) in [7, 11) is 0. The van der Waals surface area contributed by atoms with Crippen molar-refractivity contribution in [3.05, 3.63) is 33.9 Å². The van der Waals surface area contributed by atoms with Crippen molar-refractivity contribution in [3.8, 4) is 0 Å². The Morgan fingerprint density at radius 2 is 2.32 bits per heavy atom. The van der Waals surface area contributed by atoms with Crippen LogP contribution in [0, 0.1) is 10.1 Å². The van der Waals surface area contributed by atoms with E-state index in [1.54, 1.807) is 11.0 Å². The maximum Gasteiger partial charge on any atom is 0.271 e. The largest absolute Gasteiger partial charge is 0.378 e. The third-order valence-electron chi connectivity index (χ3n) is 3.90. The van der Waals surface area contributed by atoms with Crippen LogP contribution in [0.4, 0.5) is 11.4 Å². The maximum absolute atomic E-state index is 12.4. The number of morpholine rings is 1. The Bertz CT molecular complexity index is 575. The standard InChI is InChI=1S/C14H17N3O4.ClH/c18-14(7-11-9-21-6-4-15-11)16-5-3-10-1-2-12(17(19)20)8-13(10)16;/h1-2,8,11,15H,3-7,9H2;1H. The first kappa shape index (κ1) is 16.7. The molecule has 0 aromatic heterocycles. The van der Waals surface area contributed by atoms with Gasteiger partial charge in [0.25, 0.3) is 5.69 Å². The van der Waals surface area contributed by atoms with Gasteiger partial charge >= 0.3 is 0 Å². The van der Waals surface area contributed by atoms with E-state index in [2.05, 4.69) is 5.32 Å². The van der Waals surface area contributed by atoms with Gasteiger partial charge in [-0.3, -0.25) is 14.9 Å². The number of nitro benzene ring substituents is 1. The van der Waals surface area contributed by atoms with Gasteiger partial charge in [0, 0.05) is 37.7 Å². The van der Waals surface area contributed by atoms with E-state index in [9.17, 15) is 14.9 Å². The molecule has 1 N–H and O–H groups in total. The summed E-state index contributed by atoms with van der Waals surface area (Å²) >= 11 is 0. The fourth-order valence-corrected chi connectivity index (χ4v) is 2.81. The summed E-state index contributed by atoms with van der Waals surface area (Å²) < 4.78 is 5.34. The molecule has 3 rings (SSSR count). The molecule has 22 heavy (non-hydrogen) atoms. The summed E-state index contributed by atoms with van der Waals surface area (Å²) in [6.45, 7) is 2.54. The molecule has 0 spiro atoms. The molecule has 0 saturated carbocycles. The number of benzene rings is 1. The molecule has 1 saturated heterocycles. The summed E-state index contributed by atoms with van der Waals surface area (Å²) in [5, 5.41) is 14.1. The molecule has 2 aliphatic heterocycles. The molecular formula is C14H18ClN3O4. The normalized spacial score (nSPS) is 20.2. The van der Waals surface area contributed by atoms with Gasteiger partial charge in [-0.15, -0.1) is 12.4 Å². The Balaban J connectivity index is 0.00000176. The number of nitrogens with zero attached hydrogens (tertiary/aromatic N) is 2. The molecule has 1 unspecified atom stereocenters. The number of hydrogen-bond donors (Lipinski definition) is 1. The third-order valence-corrected chi connectivity index (χ3v) is 3.90. The zero-order valence-electron chi connectivity index (χ0n) is 12.0. The van der Waals surface area contributed by atoms with Crippen LogP contribution < -0.4 is 10.2 Å². The minimum Gasteiger partial charge on any atom is -0.378 e. The van der Waals surface area contributed by atoms with Gasteiger partial charge in [0.15, 0.2) is 0 Å². The van der Waals surface area contributed by atoms with Crippen LogP contribution in [0.2, 0.25) is 0 Å². The summed E-state index contributed by atoms with van der Waals surface area (Å²) in [4.78, 5) is 24.5. The number of nitro groups is 1. The maximum atomic E-state index is 12.4. The van der Waals surface area contributed by atoms with Gasteiger partial charge in [0.1, 0.15) is 0 Å². The molecule has 1 amide bonds. The highest BCUT2D eigenvalue weighted by molar-refractivity contribution is 5.96. The molecule has 0 aliphatic carbocycles. The Morgan fingerprint density at radius 3 is 3.00 bits per heavy atom. The van der Waals surface area contributed by atoms with Crippen molar-refractivity contribution in [2.75, 3.05) is 31.2 Å². The molecule has 1 aromatic carbocycles. The zero-order chi connectivity index (χ0) is 14.8. The lowest BCUT2D eigenvalue weighted by Gasteiger charge is -2.25. The summed E-state index contributed by atoms with van der Waals surface area (Å²) in [5.41, 5.74) is 1.68. The fraction of sp³-hybridized carbons (Fsp3) is 0.500. The molecule has 0 radical (unpaired) electrons. The van der Waals surface area contributed by atoms with Gasteiger partial charge in [0.05, 0.1) is 23.8 Å². The predicted molar refractivity (Wildman–Crippen MR) is 83.6 cm³/mol. The van der Waals surface area contributed by atoms with Crippen LogP contribution in [-0.4, -0.2) is 43.2 Å². The second-order valence-corrected chi connectivity index (χ2v) is 5.30. The van der Waals surface area contributed by atoms with E-state index in [1.807, 2.05) is 0 Å². The van der Waals surface area contributed by atoms with Gasteiger partial charge < -0.3 is 15.0 Å². The van der Waals surface area contributed by atoms with E-state index in [0.717, 1.165) is 18.5 Å². The number of nitrogens with one attached hydrogen (secondary N) is 1. The highest BCUT2D eigenvalue weighted by Gasteiger charge is 2.28. The van der Waals surface area contributed by atoms with Crippen LogP contribution in [0.15, 0.2) is 18.2 Å². The van der Waals surface area contributed by atoms with Crippen LogP contribution in [0.25, 0.3) is 0 Å². The fourth-order valence-electron chi connectivity index (χ4n) is 2.81. The number of halogens is 1. The van der Waals surface area contributed by atoms with Crippen LogP contribution >= 0.6 is 12.4 Å². The SMILES string of the molecule is Cl.O=C(CC1COCCN1)N1CCc2ccc([N+](=O)[O-])cc21. The van der Waals surface area contributed by atoms with Gasteiger partial charge in [0.2, 0.25) is 5.91 Å². The van der Waals surface area contributed by atoms with Gasteiger partial charge in [-0.05, 0) is 12.0 Å². The van der Waals surface area contributed by atoms with Crippen molar-refractivity contribution < 1.29 is 14.5 Å². The van der Waals surface area contributed by atoms with E-state index < -0.39 is 4.92 Å². The van der Waals surface area contributed by atoms with Crippen LogP contribution in [0.1, 0.15) is 12.0 Å². The molecule has 120 valence electrons. The number of carbonyl (C=O) groups excluding carboxylic acids is 1. The molecule has 1 aromatic rings. The number of amides is 1. The van der Waals surface area contributed by atoms with Crippen molar-refractivity contribution in [3.63, 3.8) is 0 Å². The second-order valence-electron chi connectivity index (χ2n) is 5.30. The lowest BCUT2D eigenvalue weighted by Crippen LogP contribution is -2.45. The van der Waals surface area contributed by atoms with Gasteiger partial charge in [-0.1, -0.05) is 6.07 Å². The molecule has 1 atom stereocenters. The van der Waals surface area contributed by atoms with Gasteiger partial charge in [-0.25, -0.2) is 0 Å². The molecule has 8 heteroatoms. The number of non-ortho nitro benzene ring substituents is 1. The van der Waals surface area contributed by atoms with Crippen molar-refractivity contribution in [1.29, 1.82) is 0 Å². The van der Waals surface area contributed by atoms with Gasteiger partial charge in [-0.2, -0.15) is 0 Å². The molecule has 7 nitrogen and oxygen atoms in total. The minimum absolute atomic E-state index is 0. The molecule has 2 heterocycles. The highest BCUT2D eigenvalue weighted by atomic mass is 35.5. The topological polar surface area (TPSA) is 84.7 Å². The second kappa shape index (κ2) is 7.04. The van der Waals surface area contributed by atoms with E-state index in [-0.39, 0.29) is 30.0 Å². The lowest BCUT2D eigenvalue weighted by molar-refractivity contribution is -0.384. The monoisotopic (exact) mass is 327 g/mol. The number of carbonyl (C=O) groups is 1. The number of fused-ring (bicyclic) bond motifs is 1. The molecular weight excluding hydrogens is 310 g/mol. The Hall–Kier alpha value is -1.70. The average Bonchev–Trinajstić information content (AvgIpc) is 2.91. The van der Waals surface area contributed by atoms with E-state index in [0.29, 0.717) is 31.9 Å². The summed E-state index contributed by atoms with van der Waals surface area (Å²) in [6.07, 6.45) is 1.09. The van der Waals surface area contributed by atoms with Crippen molar-refractivity contribution >= 4 is 29.7 Å². The number of hydrogen-bond acceptors (Lipinski definition) is 5. The highest BCUT2D eigenvalue weighted by Crippen LogP contribution is 2.32. The first-order chi connectivity index (χ1) is 10.1. The Morgan fingerprint density at radius 1 is 1.50 bits per heavy atom. The van der Waals surface area contributed by atoms with Crippen molar-refractivity contribution in [1.82, 2.24) is 5.32 Å². The van der Waals surface area contributed by atoms with Crippen LogP contribution in [0.3, 0.4) is 0 Å². The van der Waals surface area contributed by atoms with E-state index in [4.69, 9.17) is 4.74 Å².